The fraction of sp³-hybridized carbons (Fsp3) is 0.222. The highest BCUT2D eigenvalue weighted by atomic mass is 35.5. The van der Waals surface area contributed by atoms with Crippen molar-refractivity contribution in [1.82, 2.24) is 21.4 Å². The van der Waals surface area contributed by atoms with Crippen LogP contribution in [0.4, 0.5) is 5.69 Å². The van der Waals surface area contributed by atoms with Crippen LogP contribution in [0.3, 0.4) is 0 Å². The van der Waals surface area contributed by atoms with Crippen molar-refractivity contribution in [3.63, 3.8) is 0 Å². The number of rotatable bonds is 9. The number of anilines is 1. The molecule has 2 aliphatic heterocycles. The molecule has 42 heavy (non-hydrogen) atoms. The van der Waals surface area contributed by atoms with Crippen LogP contribution in [0.1, 0.15) is 25.5 Å². The molecule has 2 aliphatic rings. The first-order valence-corrected chi connectivity index (χ1v) is 13.7. The second kappa shape index (κ2) is 13.5. The predicted octanol–water partition coefficient (Wildman–Crippen LogP) is 2.24. The lowest BCUT2D eigenvalue weighted by atomic mass is 9.95. The number of nitrogens with zero attached hydrogens (tertiary/aromatic N) is 2. The molecule has 2 heterocycles. The molecule has 0 unspecified atom stereocenters. The van der Waals surface area contributed by atoms with Crippen LogP contribution in [0, 0.1) is 5.92 Å². The number of nitrogens with one attached hydrogen (secondary N) is 4. The average molecular weight is 629 g/mol. The Morgan fingerprint density at radius 3 is 2.55 bits per heavy atom. The van der Waals surface area contributed by atoms with Gasteiger partial charge in [-0.2, -0.15) is 5.10 Å². The van der Waals surface area contributed by atoms with Gasteiger partial charge in [0.15, 0.2) is 22.7 Å². The van der Waals surface area contributed by atoms with Gasteiger partial charge in [-0.05, 0) is 68.6 Å². The second-order valence-electron chi connectivity index (χ2n) is 8.85. The van der Waals surface area contributed by atoms with Crippen LogP contribution >= 0.6 is 36.0 Å². The highest BCUT2D eigenvalue weighted by Crippen LogP contribution is 2.33. The van der Waals surface area contributed by atoms with Gasteiger partial charge < -0.3 is 25.4 Å². The summed E-state index contributed by atoms with van der Waals surface area (Å²) in [5, 5.41) is 12.9. The number of hydrazone groups is 1. The number of thiocarbonyl (C=S) groups is 2. The van der Waals surface area contributed by atoms with E-state index in [1.807, 2.05) is 0 Å². The van der Waals surface area contributed by atoms with E-state index in [0.717, 1.165) is 11.1 Å². The molecule has 0 aliphatic carbocycles. The summed E-state index contributed by atoms with van der Waals surface area (Å²) in [6, 6.07) is 12.4. The second-order valence-corrected chi connectivity index (χ2v) is 10.1. The van der Waals surface area contributed by atoms with Gasteiger partial charge in [-0.15, -0.1) is 0 Å². The number of amides is 3. The van der Waals surface area contributed by atoms with Crippen molar-refractivity contribution in [2.45, 2.75) is 19.9 Å². The van der Waals surface area contributed by atoms with Crippen molar-refractivity contribution in [2.24, 2.45) is 11.0 Å². The minimum atomic E-state index is -1.35. The lowest BCUT2D eigenvalue weighted by Gasteiger charge is -2.30. The molecular formula is C27H25ClN6O6S2. The maximum atomic E-state index is 13.0. The first kappa shape index (κ1) is 30.6. The van der Waals surface area contributed by atoms with Crippen LogP contribution in [0.25, 0.3) is 0 Å². The zero-order valence-electron chi connectivity index (χ0n) is 22.3. The number of para-hydroxylation sites is 1. The number of hydrogen-bond donors (Lipinski definition) is 4. The first-order chi connectivity index (χ1) is 20.1. The lowest BCUT2D eigenvalue weighted by molar-refractivity contribution is -0.139. The van der Waals surface area contributed by atoms with Crippen molar-refractivity contribution in [3.8, 4) is 5.75 Å². The van der Waals surface area contributed by atoms with Crippen molar-refractivity contribution in [2.75, 3.05) is 18.1 Å². The van der Waals surface area contributed by atoms with E-state index in [-0.39, 0.29) is 11.7 Å². The number of carbonyl (C=O) groups excluding carboxylic acids is 4. The third-order valence-electron chi connectivity index (χ3n) is 6.05. The van der Waals surface area contributed by atoms with E-state index in [0.29, 0.717) is 38.4 Å². The van der Waals surface area contributed by atoms with Gasteiger partial charge >= 0.3 is 5.97 Å². The van der Waals surface area contributed by atoms with Crippen molar-refractivity contribution in [1.29, 1.82) is 0 Å². The van der Waals surface area contributed by atoms with E-state index >= 15 is 0 Å². The topological polar surface area (TPSA) is 150 Å². The molecule has 0 bridgehead atoms. The summed E-state index contributed by atoms with van der Waals surface area (Å²) in [4.78, 5) is 51.8. The summed E-state index contributed by atoms with van der Waals surface area (Å²) >= 11 is 16.4. The number of ether oxygens (including phenoxy) is 2. The van der Waals surface area contributed by atoms with Gasteiger partial charge in [0.1, 0.15) is 5.75 Å². The number of esters is 1. The fourth-order valence-electron chi connectivity index (χ4n) is 4.17. The predicted molar refractivity (Wildman–Crippen MR) is 163 cm³/mol. The third kappa shape index (κ3) is 6.90. The van der Waals surface area contributed by atoms with Gasteiger partial charge in [-0.1, -0.05) is 29.8 Å². The molecule has 0 radical (unpaired) electrons. The van der Waals surface area contributed by atoms with E-state index < -0.39 is 42.3 Å². The molecule has 2 aromatic carbocycles. The fourth-order valence-corrected chi connectivity index (χ4v) is 4.87. The van der Waals surface area contributed by atoms with Crippen LogP contribution in [0.15, 0.2) is 64.9 Å². The first-order valence-electron chi connectivity index (χ1n) is 12.5. The third-order valence-corrected chi connectivity index (χ3v) is 6.81. The molecule has 2 aromatic rings. The van der Waals surface area contributed by atoms with Crippen LogP contribution in [-0.2, 0) is 23.9 Å². The van der Waals surface area contributed by atoms with Crippen LogP contribution in [0.5, 0.6) is 5.75 Å². The number of carbonyl (C=O) groups is 4. The molecule has 12 nitrogen and oxygen atoms in total. The summed E-state index contributed by atoms with van der Waals surface area (Å²) in [5.74, 6) is -3.57. The minimum absolute atomic E-state index is 0.0896. The Bertz CT molecular complexity index is 1510. The Balaban J connectivity index is 1.42. The molecule has 15 heteroatoms. The molecule has 0 spiro atoms. The molecule has 2 atom stereocenters. The molecule has 1 saturated heterocycles. The summed E-state index contributed by atoms with van der Waals surface area (Å²) in [6.45, 7) is 3.13. The number of allylic oxidation sites excluding steroid dienone is 1. The van der Waals surface area contributed by atoms with E-state index in [9.17, 15) is 19.2 Å². The number of halogens is 1. The Hall–Kier alpha value is -4.40. The van der Waals surface area contributed by atoms with Crippen LogP contribution in [0.2, 0.25) is 5.02 Å². The summed E-state index contributed by atoms with van der Waals surface area (Å²) < 4.78 is 11.0. The minimum Gasteiger partial charge on any atom is -0.483 e. The zero-order chi connectivity index (χ0) is 30.4. The molecule has 1 fully saturated rings. The number of benzene rings is 2. The van der Waals surface area contributed by atoms with Crippen LogP contribution in [-0.4, -0.2) is 53.3 Å². The summed E-state index contributed by atoms with van der Waals surface area (Å²) in [6.07, 6.45) is 1.01. The maximum absolute atomic E-state index is 13.0. The number of hydrogen-bond acceptors (Lipinski definition) is 9. The van der Waals surface area contributed by atoms with Gasteiger partial charge in [0.25, 0.3) is 11.8 Å². The standard InChI is InChI=1S/C27H25ClN6O6S2/c1-3-39-25(38)21-14(2)30-26(41)31-22(21)17-6-4-5-7-19(17)40-13-20(35)33-29-12-18-23(36)32-27(42)34(24(18)37)16-10-8-15(28)9-11-16/h4-12,18,22H,3,13H2,1-2H3,(H,33,35)(H2,30,31,41)(H,32,36,42)/t18-,22+/m1/s1. The molecule has 0 saturated carbocycles. The van der Waals surface area contributed by atoms with E-state index in [4.69, 9.17) is 45.5 Å². The molecule has 3 amide bonds. The van der Waals surface area contributed by atoms with Gasteiger partial charge in [-0.25, -0.2) is 10.2 Å². The molecule has 218 valence electrons. The quantitative estimate of drug-likeness (QED) is 0.107. The van der Waals surface area contributed by atoms with Crippen molar-refractivity contribution in [3.05, 3.63) is 70.4 Å². The highest BCUT2D eigenvalue weighted by Gasteiger charge is 2.38. The Kier molecular flexibility index (Phi) is 9.83. The normalized spacial score (nSPS) is 18.8. The summed E-state index contributed by atoms with van der Waals surface area (Å²) in [5.41, 5.74) is 4.04. The Labute approximate surface area is 256 Å². The lowest BCUT2D eigenvalue weighted by Crippen LogP contribution is -2.58. The van der Waals surface area contributed by atoms with Gasteiger partial charge in [0.05, 0.1) is 23.9 Å². The SMILES string of the molecule is CCOC(=O)C1=C(C)NC(=S)N[C@H]1c1ccccc1OCC(=O)NN=C[C@@H]1C(=O)NC(=S)N(c2ccc(Cl)cc2)C1=O. The van der Waals surface area contributed by atoms with E-state index in [1.54, 1.807) is 62.4 Å². The van der Waals surface area contributed by atoms with Gasteiger partial charge in [0.2, 0.25) is 5.91 Å². The van der Waals surface area contributed by atoms with E-state index in [2.05, 4.69) is 26.5 Å². The van der Waals surface area contributed by atoms with Gasteiger partial charge in [0, 0.05) is 22.5 Å². The zero-order valence-corrected chi connectivity index (χ0v) is 24.7. The van der Waals surface area contributed by atoms with Crippen molar-refractivity contribution >= 4 is 81.9 Å². The molecule has 4 N–H and O–H groups in total. The van der Waals surface area contributed by atoms with Gasteiger partial charge in [-0.3, -0.25) is 19.3 Å². The van der Waals surface area contributed by atoms with Crippen LogP contribution < -0.4 is 31.0 Å². The molecule has 0 aromatic heterocycles. The Morgan fingerprint density at radius 2 is 1.83 bits per heavy atom. The van der Waals surface area contributed by atoms with E-state index in [1.165, 1.54) is 0 Å². The monoisotopic (exact) mass is 628 g/mol. The molecule has 4 rings (SSSR count). The Morgan fingerprint density at radius 1 is 1.12 bits per heavy atom. The molecular weight excluding hydrogens is 604 g/mol. The summed E-state index contributed by atoms with van der Waals surface area (Å²) in [7, 11) is 0. The largest absolute Gasteiger partial charge is 0.483 e. The highest BCUT2D eigenvalue weighted by molar-refractivity contribution is 7.80. The average Bonchev–Trinajstić information content (AvgIpc) is 2.94. The van der Waals surface area contributed by atoms with Crippen molar-refractivity contribution < 1.29 is 28.7 Å². The smallest absolute Gasteiger partial charge is 0.338 e. The maximum Gasteiger partial charge on any atom is 0.338 e.